The Morgan fingerprint density at radius 1 is 0.727 bits per heavy atom. The molecule has 170 valence electrons. The van der Waals surface area contributed by atoms with Gasteiger partial charge in [-0.05, 0) is 35.9 Å². The molecule has 3 aromatic carbocycles. The number of nitrogens with zero attached hydrogens (tertiary/aromatic N) is 2. The fraction of sp³-hybridized carbons (Fsp3) is 0.200. The predicted octanol–water partition coefficient (Wildman–Crippen LogP) is 4.75. The van der Waals surface area contributed by atoms with Crippen molar-refractivity contribution in [3.63, 3.8) is 0 Å². The van der Waals surface area contributed by atoms with Crippen molar-refractivity contribution < 1.29 is 23.7 Å². The molecule has 8 nitrogen and oxygen atoms in total. The highest BCUT2D eigenvalue weighted by atomic mass is 16.5. The average Bonchev–Trinajstić information content (AvgIpc) is 3.37. The van der Waals surface area contributed by atoms with Gasteiger partial charge in [0.05, 0.1) is 34.0 Å². The molecule has 0 bridgehead atoms. The summed E-state index contributed by atoms with van der Waals surface area (Å²) in [4.78, 5) is 4.67. The van der Waals surface area contributed by atoms with Gasteiger partial charge in [-0.3, -0.25) is 5.10 Å². The van der Waals surface area contributed by atoms with E-state index >= 15 is 0 Å². The third-order valence-electron chi connectivity index (χ3n) is 5.10. The van der Waals surface area contributed by atoms with Crippen molar-refractivity contribution in [3.05, 3.63) is 66.2 Å². The lowest BCUT2D eigenvalue weighted by Gasteiger charge is -2.14. The lowest BCUT2D eigenvalue weighted by Crippen LogP contribution is -1.98. The maximum atomic E-state index is 6.02. The SMILES string of the molecule is COc1ccc(-c2n[nH]c(-c3ccc(OC)c(OC)c3OC)n2)cc1OCc1ccccc1. The van der Waals surface area contributed by atoms with Gasteiger partial charge in [0.15, 0.2) is 34.6 Å². The van der Waals surface area contributed by atoms with Gasteiger partial charge in [-0.2, -0.15) is 5.10 Å². The van der Waals surface area contributed by atoms with Crippen LogP contribution in [0.4, 0.5) is 0 Å². The summed E-state index contributed by atoms with van der Waals surface area (Å²) < 4.78 is 27.9. The minimum Gasteiger partial charge on any atom is -0.493 e. The van der Waals surface area contributed by atoms with E-state index in [1.807, 2.05) is 54.6 Å². The van der Waals surface area contributed by atoms with Crippen LogP contribution in [-0.2, 0) is 6.61 Å². The standard InChI is InChI=1S/C25H25N3O5/c1-29-19-12-10-17(14-21(19)33-15-16-8-6-5-7-9-16)24-26-25(28-27-24)18-11-13-20(30-2)23(32-4)22(18)31-3/h5-14H,15H2,1-4H3,(H,26,27,28). The first-order valence-corrected chi connectivity index (χ1v) is 10.2. The van der Waals surface area contributed by atoms with Crippen LogP contribution < -0.4 is 23.7 Å². The van der Waals surface area contributed by atoms with Gasteiger partial charge in [0.25, 0.3) is 0 Å². The van der Waals surface area contributed by atoms with E-state index in [0.717, 1.165) is 11.1 Å². The number of H-pyrrole nitrogens is 1. The third kappa shape index (κ3) is 4.55. The van der Waals surface area contributed by atoms with Crippen molar-refractivity contribution >= 4 is 0 Å². The molecule has 0 fully saturated rings. The summed E-state index contributed by atoms with van der Waals surface area (Å²) >= 11 is 0. The van der Waals surface area contributed by atoms with E-state index in [2.05, 4.69) is 15.2 Å². The van der Waals surface area contributed by atoms with Gasteiger partial charge in [0.2, 0.25) is 5.75 Å². The van der Waals surface area contributed by atoms with Crippen molar-refractivity contribution in [1.82, 2.24) is 15.2 Å². The predicted molar refractivity (Wildman–Crippen MR) is 124 cm³/mol. The second-order valence-electron chi connectivity index (χ2n) is 7.03. The zero-order chi connectivity index (χ0) is 23.2. The number of benzene rings is 3. The molecule has 0 unspecified atom stereocenters. The van der Waals surface area contributed by atoms with Gasteiger partial charge in [0, 0.05) is 5.56 Å². The number of aromatic nitrogens is 3. The van der Waals surface area contributed by atoms with Crippen LogP contribution in [0.25, 0.3) is 22.8 Å². The van der Waals surface area contributed by atoms with Crippen molar-refractivity contribution in [2.45, 2.75) is 6.61 Å². The number of methoxy groups -OCH3 is 4. The van der Waals surface area contributed by atoms with Gasteiger partial charge in [-0.1, -0.05) is 30.3 Å². The Balaban J connectivity index is 1.65. The first-order chi connectivity index (χ1) is 16.2. The second kappa shape index (κ2) is 9.95. The summed E-state index contributed by atoms with van der Waals surface area (Å²) in [5, 5.41) is 7.37. The Labute approximate surface area is 192 Å². The second-order valence-corrected chi connectivity index (χ2v) is 7.03. The fourth-order valence-corrected chi connectivity index (χ4v) is 3.46. The minimum absolute atomic E-state index is 0.419. The summed E-state index contributed by atoms with van der Waals surface area (Å²) in [5.41, 5.74) is 2.54. The van der Waals surface area contributed by atoms with Gasteiger partial charge in [0.1, 0.15) is 6.61 Å². The van der Waals surface area contributed by atoms with Crippen LogP contribution in [-0.4, -0.2) is 43.6 Å². The number of hydrogen-bond donors (Lipinski definition) is 1. The molecule has 4 aromatic rings. The molecule has 33 heavy (non-hydrogen) atoms. The molecule has 0 radical (unpaired) electrons. The van der Waals surface area contributed by atoms with Crippen molar-refractivity contribution in [3.8, 4) is 51.5 Å². The first kappa shape index (κ1) is 22.0. The van der Waals surface area contributed by atoms with E-state index in [-0.39, 0.29) is 0 Å². The van der Waals surface area contributed by atoms with Crippen LogP contribution >= 0.6 is 0 Å². The summed E-state index contributed by atoms with van der Waals surface area (Å²) in [6.45, 7) is 0.419. The largest absolute Gasteiger partial charge is 0.493 e. The minimum atomic E-state index is 0.419. The lowest BCUT2D eigenvalue weighted by molar-refractivity contribution is 0.284. The Kier molecular flexibility index (Phi) is 6.64. The molecule has 0 atom stereocenters. The number of rotatable bonds is 9. The Morgan fingerprint density at radius 3 is 2.15 bits per heavy atom. The van der Waals surface area contributed by atoms with Gasteiger partial charge in [-0.25, -0.2) is 4.98 Å². The number of nitrogens with one attached hydrogen (secondary N) is 1. The van der Waals surface area contributed by atoms with E-state index in [9.17, 15) is 0 Å². The topological polar surface area (TPSA) is 87.7 Å². The van der Waals surface area contributed by atoms with E-state index < -0.39 is 0 Å². The molecule has 1 heterocycles. The average molecular weight is 447 g/mol. The summed E-state index contributed by atoms with van der Waals surface area (Å²) in [6.07, 6.45) is 0. The number of aromatic amines is 1. The molecule has 4 rings (SSSR count). The molecule has 0 spiro atoms. The lowest BCUT2D eigenvalue weighted by atomic mass is 10.1. The van der Waals surface area contributed by atoms with Crippen molar-refractivity contribution in [1.29, 1.82) is 0 Å². The zero-order valence-electron chi connectivity index (χ0n) is 18.9. The van der Waals surface area contributed by atoms with E-state index in [1.54, 1.807) is 34.5 Å². The summed E-state index contributed by atoms with van der Waals surface area (Å²) in [6, 6.07) is 19.2. The smallest absolute Gasteiger partial charge is 0.204 e. The van der Waals surface area contributed by atoms with Crippen molar-refractivity contribution in [2.24, 2.45) is 0 Å². The third-order valence-corrected chi connectivity index (χ3v) is 5.10. The molecule has 0 saturated carbocycles. The summed E-state index contributed by atoms with van der Waals surface area (Å²) in [5.74, 6) is 3.83. The molecular formula is C25H25N3O5. The molecule has 0 aliphatic heterocycles. The van der Waals surface area contributed by atoms with Crippen LogP contribution in [0.3, 0.4) is 0 Å². The zero-order valence-corrected chi connectivity index (χ0v) is 18.9. The molecule has 0 amide bonds. The molecule has 0 aliphatic carbocycles. The van der Waals surface area contributed by atoms with Crippen LogP contribution in [0.5, 0.6) is 28.7 Å². The highest BCUT2D eigenvalue weighted by Gasteiger charge is 2.20. The van der Waals surface area contributed by atoms with Gasteiger partial charge < -0.3 is 23.7 Å². The number of ether oxygens (including phenoxy) is 5. The molecule has 0 saturated heterocycles. The highest BCUT2D eigenvalue weighted by molar-refractivity contribution is 5.73. The van der Waals surface area contributed by atoms with Crippen LogP contribution in [0.2, 0.25) is 0 Å². The van der Waals surface area contributed by atoms with E-state index in [0.29, 0.717) is 52.6 Å². The first-order valence-electron chi connectivity index (χ1n) is 10.2. The Hall–Kier alpha value is -4.20. The molecule has 8 heteroatoms. The monoisotopic (exact) mass is 447 g/mol. The van der Waals surface area contributed by atoms with E-state index in [1.165, 1.54) is 0 Å². The van der Waals surface area contributed by atoms with Crippen molar-refractivity contribution in [2.75, 3.05) is 28.4 Å². The van der Waals surface area contributed by atoms with Gasteiger partial charge >= 0.3 is 0 Å². The van der Waals surface area contributed by atoms with Gasteiger partial charge in [-0.15, -0.1) is 0 Å². The normalized spacial score (nSPS) is 10.5. The maximum absolute atomic E-state index is 6.02. The van der Waals surface area contributed by atoms with Crippen LogP contribution in [0, 0.1) is 0 Å². The Bertz CT molecular complexity index is 1220. The van der Waals surface area contributed by atoms with E-state index in [4.69, 9.17) is 23.7 Å². The molecule has 0 aliphatic rings. The molecule has 1 N–H and O–H groups in total. The molecule has 1 aromatic heterocycles. The van der Waals surface area contributed by atoms with Crippen LogP contribution in [0.1, 0.15) is 5.56 Å². The molecular weight excluding hydrogens is 422 g/mol. The summed E-state index contributed by atoms with van der Waals surface area (Å²) in [7, 11) is 6.31. The maximum Gasteiger partial charge on any atom is 0.204 e. The Morgan fingerprint density at radius 2 is 1.45 bits per heavy atom. The van der Waals surface area contributed by atoms with Crippen LogP contribution in [0.15, 0.2) is 60.7 Å². The number of hydrogen-bond acceptors (Lipinski definition) is 7. The highest BCUT2D eigenvalue weighted by Crippen LogP contribution is 2.43. The quantitative estimate of drug-likeness (QED) is 0.396. The fourth-order valence-electron chi connectivity index (χ4n) is 3.46.